The molecule has 1 unspecified atom stereocenters. The lowest BCUT2D eigenvalue weighted by Gasteiger charge is -2.19. The number of aliphatic hydroxyl groups excluding tert-OH is 1. The molecule has 0 fully saturated rings. The summed E-state index contributed by atoms with van der Waals surface area (Å²) in [5.41, 5.74) is 0.280. The summed E-state index contributed by atoms with van der Waals surface area (Å²) in [5.74, 6) is -1.33. The van der Waals surface area contributed by atoms with E-state index in [-0.39, 0.29) is 5.56 Å². The highest BCUT2D eigenvalue weighted by Gasteiger charge is 2.11. The summed E-state index contributed by atoms with van der Waals surface area (Å²) in [7, 11) is 3.59. The first-order valence-corrected chi connectivity index (χ1v) is 6.34. The molecule has 0 amide bonds. The Kier molecular flexibility index (Phi) is 6.91. The summed E-state index contributed by atoms with van der Waals surface area (Å²) < 4.78 is 31.0. The van der Waals surface area contributed by atoms with Gasteiger partial charge in [0.1, 0.15) is 11.6 Å². The second-order valence-corrected chi connectivity index (χ2v) is 4.66. The van der Waals surface area contributed by atoms with Gasteiger partial charge in [0, 0.05) is 32.9 Å². The van der Waals surface area contributed by atoms with Gasteiger partial charge in [-0.1, -0.05) is 0 Å². The summed E-state index contributed by atoms with van der Waals surface area (Å²) in [6.07, 6.45) is 0.499. The van der Waals surface area contributed by atoms with E-state index in [4.69, 9.17) is 4.74 Å². The molecule has 5 heteroatoms. The number of methoxy groups -OCH3 is 1. The van der Waals surface area contributed by atoms with Crippen LogP contribution in [0.3, 0.4) is 0 Å². The predicted molar refractivity (Wildman–Crippen MR) is 69.9 cm³/mol. The van der Waals surface area contributed by atoms with Gasteiger partial charge in [0.15, 0.2) is 0 Å². The molecule has 0 aliphatic heterocycles. The summed E-state index contributed by atoms with van der Waals surface area (Å²) in [6, 6.07) is 3.13. The maximum Gasteiger partial charge on any atom is 0.126 e. The minimum Gasteiger partial charge on any atom is -0.388 e. The molecule has 1 atom stereocenters. The van der Waals surface area contributed by atoms with Crippen LogP contribution in [-0.4, -0.2) is 43.9 Å². The number of rotatable bonds is 8. The van der Waals surface area contributed by atoms with Crippen molar-refractivity contribution in [1.29, 1.82) is 0 Å². The molecule has 0 radical (unpaired) electrons. The first kappa shape index (κ1) is 16.0. The third-order valence-corrected chi connectivity index (χ3v) is 2.94. The van der Waals surface area contributed by atoms with Gasteiger partial charge in [-0.25, -0.2) is 8.78 Å². The van der Waals surface area contributed by atoms with Crippen LogP contribution >= 0.6 is 0 Å². The van der Waals surface area contributed by atoms with Crippen molar-refractivity contribution in [3.63, 3.8) is 0 Å². The highest BCUT2D eigenvalue weighted by Crippen LogP contribution is 2.19. The van der Waals surface area contributed by atoms with Crippen LogP contribution in [0.15, 0.2) is 18.2 Å². The van der Waals surface area contributed by atoms with E-state index in [0.29, 0.717) is 19.6 Å². The number of hydrogen-bond donors (Lipinski definition) is 1. The van der Waals surface area contributed by atoms with E-state index >= 15 is 0 Å². The lowest BCUT2D eigenvalue weighted by atomic mass is 10.1. The normalized spacial score (nSPS) is 12.9. The Morgan fingerprint density at radius 1 is 1.21 bits per heavy atom. The Morgan fingerprint density at radius 3 is 2.42 bits per heavy atom. The van der Waals surface area contributed by atoms with E-state index in [1.165, 1.54) is 12.1 Å². The van der Waals surface area contributed by atoms with Crippen LogP contribution in [0.1, 0.15) is 24.5 Å². The number of nitrogens with zero attached hydrogens (tertiary/aromatic N) is 1. The molecule has 3 nitrogen and oxygen atoms in total. The summed E-state index contributed by atoms with van der Waals surface area (Å²) in [5, 5.41) is 9.91. The smallest absolute Gasteiger partial charge is 0.126 e. The monoisotopic (exact) mass is 273 g/mol. The van der Waals surface area contributed by atoms with Gasteiger partial charge < -0.3 is 14.7 Å². The lowest BCUT2D eigenvalue weighted by molar-refractivity contribution is 0.141. The Morgan fingerprint density at radius 2 is 1.84 bits per heavy atom. The molecular weight excluding hydrogens is 252 g/mol. The molecule has 0 heterocycles. The highest BCUT2D eigenvalue weighted by atomic mass is 19.1. The van der Waals surface area contributed by atoms with Gasteiger partial charge in [-0.2, -0.15) is 0 Å². The average Bonchev–Trinajstić information content (AvgIpc) is 2.35. The average molecular weight is 273 g/mol. The van der Waals surface area contributed by atoms with E-state index in [2.05, 4.69) is 4.90 Å². The van der Waals surface area contributed by atoms with E-state index < -0.39 is 17.7 Å². The fourth-order valence-electron chi connectivity index (χ4n) is 1.87. The zero-order chi connectivity index (χ0) is 14.3. The maximum atomic E-state index is 13.0. The number of halogens is 2. The van der Waals surface area contributed by atoms with Crippen molar-refractivity contribution in [1.82, 2.24) is 4.90 Å². The molecule has 1 N–H and O–H groups in total. The molecule has 1 aromatic carbocycles. The SMILES string of the molecule is COCCCN(C)CCC(O)c1cc(F)cc(F)c1. The predicted octanol–water partition coefficient (Wildman–Crippen LogP) is 2.36. The lowest BCUT2D eigenvalue weighted by Crippen LogP contribution is -2.23. The van der Waals surface area contributed by atoms with Gasteiger partial charge in [-0.15, -0.1) is 0 Å². The van der Waals surface area contributed by atoms with Gasteiger partial charge in [-0.05, 0) is 37.6 Å². The summed E-state index contributed by atoms with van der Waals surface area (Å²) in [6.45, 7) is 2.21. The molecule has 0 saturated carbocycles. The first-order valence-electron chi connectivity index (χ1n) is 6.34. The topological polar surface area (TPSA) is 32.7 Å². The zero-order valence-electron chi connectivity index (χ0n) is 11.4. The maximum absolute atomic E-state index is 13.0. The Labute approximate surface area is 112 Å². The van der Waals surface area contributed by atoms with Crippen molar-refractivity contribution >= 4 is 0 Å². The molecule has 0 saturated heterocycles. The molecule has 0 bridgehead atoms. The highest BCUT2D eigenvalue weighted by molar-refractivity contribution is 5.20. The van der Waals surface area contributed by atoms with Crippen LogP contribution in [0, 0.1) is 11.6 Å². The van der Waals surface area contributed by atoms with Gasteiger partial charge in [0.25, 0.3) is 0 Å². The van der Waals surface area contributed by atoms with Crippen molar-refractivity contribution in [2.75, 3.05) is 33.9 Å². The first-order chi connectivity index (χ1) is 9.02. The molecule has 1 rings (SSSR count). The van der Waals surface area contributed by atoms with E-state index in [9.17, 15) is 13.9 Å². The van der Waals surface area contributed by atoms with Gasteiger partial charge >= 0.3 is 0 Å². The second kappa shape index (κ2) is 8.19. The number of hydrogen-bond acceptors (Lipinski definition) is 3. The van der Waals surface area contributed by atoms with Crippen LogP contribution in [0.4, 0.5) is 8.78 Å². The standard InChI is InChI=1S/C14H21F2NO2/c1-17(5-3-7-19-2)6-4-14(18)11-8-12(15)10-13(16)9-11/h8-10,14,18H,3-7H2,1-2H3. The number of aliphatic hydroxyl groups is 1. The van der Waals surface area contributed by atoms with Crippen LogP contribution in [0.25, 0.3) is 0 Å². The van der Waals surface area contributed by atoms with Crippen LogP contribution < -0.4 is 0 Å². The third kappa shape index (κ3) is 6.09. The number of ether oxygens (including phenoxy) is 1. The van der Waals surface area contributed by atoms with E-state index in [0.717, 1.165) is 19.0 Å². The van der Waals surface area contributed by atoms with Gasteiger partial charge in [-0.3, -0.25) is 0 Å². The van der Waals surface area contributed by atoms with Crippen molar-refractivity contribution in [3.05, 3.63) is 35.4 Å². The Bertz CT molecular complexity index is 367. The van der Waals surface area contributed by atoms with Gasteiger partial charge in [0.05, 0.1) is 6.10 Å². The minimum atomic E-state index is -0.852. The van der Waals surface area contributed by atoms with Crippen molar-refractivity contribution in [2.24, 2.45) is 0 Å². The quantitative estimate of drug-likeness (QED) is 0.738. The largest absolute Gasteiger partial charge is 0.388 e. The molecular formula is C14H21F2NO2. The fourth-order valence-corrected chi connectivity index (χ4v) is 1.87. The molecule has 108 valence electrons. The number of benzene rings is 1. The molecule has 1 aromatic rings. The molecule has 19 heavy (non-hydrogen) atoms. The van der Waals surface area contributed by atoms with Gasteiger partial charge in [0.2, 0.25) is 0 Å². The fraction of sp³-hybridized carbons (Fsp3) is 0.571. The van der Waals surface area contributed by atoms with Crippen molar-refractivity contribution in [2.45, 2.75) is 18.9 Å². The Hall–Kier alpha value is -1.04. The summed E-state index contributed by atoms with van der Waals surface area (Å²) in [4.78, 5) is 2.05. The van der Waals surface area contributed by atoms with E-state index in [1.807, 2.05) is 7.05 Å². The molecule has 0 aromatic heterocycles. The molecule has 0 aliphatic carbocycles. The Balaban J connectivity index is 2.39. The van der Waals surface area contributed by atoms with E-state index in [1.54, 1.807) is 7.11 Å². The molecule has 0 spiro atoms. The van der Waals surface area contributed by atoms with Crippen LogP contribution in [0.5, 0.6) is 0 Å². The van der Waals surface area contributed by atoms with Crippen molar-refractivity contribution < 1.29 is 18.6 Å². The second-order valence-electron chi connectivity index (χ2n) is 4.66. The van der Waals surface area contributed by atoms with Crippen LogP contribution in [0.2, 0.25) is 0 Å². The van der Waals surface area contributed by atoms with Crippen LogP contribution in [-0.2, 0) is 4.74 Å². The summed E-state index contributed by atoms with van der Waals surface area (Å²) >= 11 is 0. The zero-order valence-corrected chi connectivity index (χ0v) is 11.4. The third-order valence-electron chi connectivity index (χ3n) is 2.94. The van der Waals surface area contributed by atoms with Crippen molar-refractivity contribution in [3.8, 4) is 0 Å². The molecule has 0 aliphatic rings. The minimum absolute atomic E-state index is 0.280.